The molecule has 4 aliphatic rings. The van der Waals surface area contributed by atoms with Crippen LogP contribution in [0.5, 0.6) is 5.75 Å². The molecule has 6 atom stereocenters. The number of rotatable bonds is 2. The Bertz CT molecular complexity index is 819. The minimum atomic E-state index is -0.873. The molecule has 152 valence electrons. The van der Waals surface area contributed by atoms with Crippen LogP contribution in [-0.2, 0) is 16.0 Å². The molecule has 0 spiro atoms. The molecule has 2 bridgehead atoms. The average Bonchev–Trinajstić information content (AvgIpc) is 2.82. The minimum Gasteiger partial charge on any atom is -0.497 e. The third-order valence-corrected chi connectivity index (χ3v) is 9.33. The largest absolute Gasteiger partial charge is 0.497 e. The lowest BCUT2D eigenvalue weighted by Crippen LogP contribution is -2.65. The number of methoxy groups -OCH3 is 1. The molecule has 5 rings (SSSR count). The third-order valence-electron chi connectivity index (χ3n) is 9.33. The summed E-state index contributed by atoms with van der Waals surface area (Å²) in [5.41, 5.74) is 2.08. The number of ether oxygens (including phenoxy) is 2. The van der Waals surface area contributed by atoms with E-state index in [4.69, 9.17) is 9.47 Å². The highest BCUT2D eigenvalue weighted by molar-refractivity contribution is 5.66. The Balaban J connectivity index is 1.53. The van der Waals surface area contributed by atoms with Gasteiger partial charge in [0.2, 0.25) is 0 Å². The van der Waals surface area contributed by atoms with Gasteiger partial charge in [-0.2, -0.15) is 0 Å². The monoisotopic (exact) mass is 384 g/mol. The maximum absolute atomic E-state index is 11.8. The van der Waals surface area contributed by atoms with Crippen LogP contribution in [-0.4, -0.2) is 29.9 Å². The van der Waals surface area contributed by atoms with E-state index in [1.807, 2.05) is 0 Å². The van der Waals surface area contributed by atoms with E-state index in [2.05, 4.69) is 25.1 Å². The second-order valence-electron chi connectivity index (χ2n) is 9.90. The SMILES string of the molecule is COc1ccc2c(c1)CC[C@@H]1[C@@H]2CC[C@@]2(C)[C@@]13CC[C@H](OC(C)=O)[C@@]2(O)CC3. The molecule has 3 saturated carbocycles. The van der Waals surface area contributed by atoms with Gasteiger partial charge >= 0.3 is 5.97 Å². The maximum Gasteiger partial charge on any atom is 0.303 e. The summed E-state index contributed by atoms with van der Waals surface area (Å²) < 4.78 is 11.1. The summed E-state index contributed by atoms with van der Waals surface area (Å²) in [4.78, 5) is 11.7. The number of carbonyl (C=O) groups excluding carboxylic acids is 1. The van der Waals surface area contributed by atoms with Crippen molar-refractivity contribution in [1.82, 2.24) is 0 Å². The van der Waals surface area contributed by atoms with E-state index >= 15 is 0 Å². The third kappa shape index (κ3) is 2.13. The molecule has 3 fully saturated rings. The van der Waals surface area contributed by atoms with Gasteiger partial charge in [0.15, 0.2) is 0 Å². The molecule has 4 aliphatic carbocycles. The van der Waals surface area contributed by atoms with E-state index in [1.165, 1.54) is 24.5 Å². The second kappa shape index (κ2) is 5.98. The molecule has 0 saturated heterocycles. The van der Waals surface area contributed by atoms with Gasteiger partial charge in [-0.25, -0.2) is 0 Å². The van der Waals surface area contributed by atoms with E-state index < -0.39 is 5.60 Å². The molecular formula is C24H32O4. The number of aryl methyl sites for hydroxylation is 1. The lowest BCUT2D eigenvalue weighted by molar-refractivity contribution is -0.233. The number of fused-ring (bicyclic) bond motifs is 3. The van der Waals surface area contributed by atoms with Crippen molar-refractivity contribution < 1.29 is 19.4 Å². The normalized spacial score (nSPS) is 43.5. The zero-order valence-electron chi connectivity index (χ0n) is 17.3. The molecule has 0 heterocycles. The summed E-state index contributed by atoms with van der Waals surface area (Å²) in [7, 11) is 1.74. The molecule has 1 N–H and O–H groups in total. The van der Waals surface area contributed by atoms with Gasteiger partial charge in [-0.1, -0.05) is 13.0 Å². The van der Waals surface area contributed by atoms with Crippen LogP contribution >= 0.6 is 0 Å². The number of hydrogen-bond donors (Lipinski definition) is 1. The molecule has 0 radical (unpaired) electrons. The molecular weight excluding hydrogens is 352 g/mol. The molecule has 0 unspecified atom stereocenters. The number of aliphatic hydroxyl groups is 1. The predicted octanol–water partition coefficient (Wildman–Crippen LogP) is 4.38. The van der Waals surface area contributed by atoms with Crippen LogP contribution in [0, 0.1) is 16.7 Å². The Morgan fingerprint density at radius 2 is 1.96 bits per heavy atom. The van der Waals surface area contributed by atoms with E-state index in [1.54, 1.807) is 7.11 Å². The summed E-state index contributed by atoms with van der Waals surface area (Å²) in [6.07, 6.45) is 7.74. The Labute approximate surface area is 167 Å². The predicted molar refractivity (Wildman–Crippen MR) is 106 cm³/mol. The molecule has 4 heteroatoms. The van der Waals surface area contributed by atoms with Crippen molar-refractivity contribution in [2.24, 2.45) is 16.7 Å². The van der Waals surface area contributed by atoms with Crippen LogP contribution in [0.1, 0.15) is 75.8 Å². The Morgan fingerprint density at radius 3 is 2.71 bits per heavy atom. The molecule has 0 amide bonds. The number of hydrogen-bond acceptors (Lipinski definition) is 4. The van der Waals surface area contributed by atoms with E-state index in [9.17, 15) is 9.90 Å². The smallest absolute Gasteiger partial charge is 0.303 e. The molecule has 1 aromatic carbocycles. The first-order valence-corrected chi connectivity index (χ1v) is 10.9. The summed E-state index contributed by atoms with van der Waals surface area (Å²) in [5, 5.41) is 11.8. The highest BCUT2D eigenvalue weighted by atomic mass is 16.6. The van der Waals surface area contributed by atoms with Crippen molar-refractivity contribution in [3.63, 3.8) is 0 Å². The zero-order valence-corrected chi connectivity index (χ0v) is 17.3. The molecule has 4 nitrogen and oxygen atoms in total. The fourth-order valence-electron chi connectivity index (χ4n) is 8.02. The Kier molecular flexibility index (Phi) is 3.94. The second-order valence-corrected chi connectivity index (χ2v) is 9.90. The van der Waals surface area contributed by atoms with Crippen molar-refractivity contribution in [2.45, 2.75) is 82.8 Å². The van der Waals surface area contributed by atoms with Crippen LogP contribution in [0.3, 0.4) is 0 Å². The van der Waals surface area contributed by atoms with Crippen molar-refractivity contribution in [2.75, 3.05) is 7.11 Å². The summed E-state index contributed by atoms with van der Waals surface area (Å²) in [6, 6.07) is 6.62. The Morgan fingerprint density at radius 1 is 1.14 bits per heavy atom. The fourth-order valence-corrected chi connectivity index (χ4v) is 8.02. The van der Waals surface area contributed by atoms with Crippen molar-refractivity contribution in [3.8, 4) is 5.75 Å². The van der Waals surface area contributed by atoms with E-state index in [0.29, 0.717) is 11.8 Å². The van der Waals surface area contributed by atoms with E-state index in [-0.39, 0.29) is 22.9 Å². The molecule has 0 aromatic heterocycles. The van der Waals surface area contributed by atoms with Gasteiger partial charge in [-0.05, 0) is 91.9 Å². The highest BCUT2D eigenvalue weighted by Crippen LogP contribution is 2.75. The number of carbonyl (C=O) groups is 1. The van der Waals surface area contributed by atoms with Gasteiger partial charge < -0.3 is 14.6 Å². The summed E-state index contributed by atoms with van der Waals surface area (Å²) in [5.74, 6) is 1.87. The first-order valence-electron chi connectivity index (χ1n) is 10.9. The van der Waals surface area contributed by atoms with Gasteiger partial charge in [0.1, 0.15) is 17.5 Å². The Hall–Kier alpha value is -1.55. The van der Waals surface area contributed by atoms with Gasteiger partial charge in [0, 0.05) is 12.3 Å². The fraction of sp³-hybridized carbons (Fsp3) is 0.708. The van der Waals surface area contributed by atoms with Gasteiger partial charge in [-0.15, -0.1) is 0 Å². The first kappa shape index (κ1) is 18.5. The topological polar surface area (TPSA) is 55.8 Å². The molecule has 28 heavy (non-hydrogen) atoms. The standard InChI is InChI=1S/C24H32O4/c1-15(25)28-21-9-11-23-12-13-24(21,26)22(23,2)10-8-19-18-6-5-17(27-3)14-16(18)4-7-20(19)23/h5-6,14,19-21,26H,4,7-13H2,1-3H3/t19-,20-,21+,22+,23-,24+/m1/s1. The van der Waals surface area contributed by atoms with Gasteiger partial charge in [0.05, 0.1) is 7.11 Å². The minimum absolute atomic E-state index is 0.163. The summed E-state index contributed by atoms with van der Waals surface area (Å²) >= 11 is 0. The lowest BCUT2D eigenvalue weighted by Gasteiger charge is -2.64. The molecule has 0 aliphatic heterocycles. The highest BCUT2D eigenvalue weighted by Gasteiger charge is 2.74. The van der Waals surface area contributed by atoms with Crippen LogP contribution in [0.4, 0.5) is 0 Å². The van der Waals surface area contributed by atoms with Crippen LogP contribution in [0.2, 0.25) is 0 Å². The van der Waals surface area contributed by atoms with Crippen molar-refractivity contribution in [3.05, 3.63) is 29.3 Å². The van der Waals surface area contributed by atoms with Crippen LogP contribution in [0.15, 0.2) is 18.2 Å². The van der Waals surface area contributed by atoms with Crippen LogP contribution < -0.4 is 4.74 Å². The van der Waals surface area contributed by atoms with E-state index in [0.717, 1.165) is 50.7 Å². The number of esters is 1. The zero-order chi connectivity index (χ0) is 19.7. The average molecular weight is 385 g/mol. The first-order chi connectivity index (χ1) is 13.3. The quantitative estimate of drug-likeness (QED) is 0.769. The maximum atomic E-state index is 11.8. The van der Waals surface area contributed by atoms with Gasteiger partial charge in [-0.3, -0.25) is 4.79 Å². The molecule has 1 aromatic rings. The van der Waals surface area contributed by atoms with Gasteiger partial charge in [0.25, 0.3) is 0 Å². The number of benzene rings is 1. The lowest BCUT2D eigenvalue weighted by atomic mass is 9.42. The van der Waals surface area contributed by atoms with Crippen molar-refractivity contribution >= 4 is 5.97 Å². The van der Waals surface area contributed by atoms with Crippen LogP contribution in [0.25, 0.3) is 0 Å². The van der Waals surface area contributed by atoms with Crippen molar-refractivity contribution in [1.29, 1.82) is 0 Å². The summed E-state index contributed by atoms with van der Waals surface area (Å²) in [6.45, 7) is 3.77.